The van der Waals surface area contributed by atoms with Gasteiger partial charge in [0.15, 0.2) is 0 Å². The molecule has 0 aliphatic carbocycles. The monoisotopic (exact) mass is 287 g/mol. The third kappa shape index (κ3) is 2.23. The molecular weight excluding hydrogens is 280 g/mol. The number of benzene rings is 2. The first kappa shape index (κ1) is 13.0. The van der Waals surface area contributed by atoms with Crippen LogP contribution in [0.25, 0.3) is 10.8 Å². The molecule has 18 heavy (non-hydrogen) atoms. The zero-order valence-corrected chi connectivity index (χ0v) is 10.4. The van der Waals surface area contributed by atoms with Crippen molar-refractivity contribution in [3.05, 3.63) is 36.4 Å². The summed E-state index contributed by atoms with van der Waals surface area (Å²) in [4.78, 5) is -1.71. The Morgan fingerprint density at radius 3 is 2.17 bits per heavy atom. The highest BCUT2D eigenvalue weighted by atomic mass is 32.2. The molecule has 0 aromatic heterocycles. The molecule has 0 saturated heterocycles. The van der Waals surface area contributed by atoms with Gasteiger partial charge in [-0.15, -0.1) is 0 Å². The Hall–Kier alpha value is -1.48. The highest BCUT2D eigenvalue weighted by molar-refractivity contribution is 7.89. The molecule has 0 fully saturated rings. The van der Waals surface area contributed by atoms with Gasteiger partial charge in [-0.25, -0.2) is 0 Å². The van der Waals surface area contributed by atoms with Gasteiger partial charge in [0.2, 0.25) is 0 Å². The molecule has 2 rings (SSSR count). The highest BCUT2D eigenvalue weighted by Crippen LogP contribution is 2.29. The maximum atomic E-state index is 11.3. The molecule has 2 N–H and O–H groups in total. The van der Waals surface area contributed by atoms with Crippen LogP contribution in [0.4, 0.5) is 0 Å². The third-order valence-corrected chi connectivity index (χ3v) is 4.30. The lowest BCUT2D eigenvalue weighted by molar-refractivity contribution is 0.467. The Morgan fingerprint density at radius 1 is 0.944 bits per heavy atom. The van der Waals surface area contributed by atoms with E-state index in [9.17, 15) is 16.8 Å². The summed E-state index contributed by atoms with van der Waals surface area (Å²) in [6.45, 7) is 0. The smallest absolute Gasteiger partial charge is 0.282 e. The van der Waals surface area contributed by atoms with Crippen molar-refractivity contribution in [2.45, 2.75) is 9.79 Å². The molecule has 2 aromatic rings. The van der Waals surface area contributed by atoms with Crippen LogP contribution in [0.15, 0.2) is 40.1 Å². The fourth-order valence-corrected chi connectivity index (χ4v) is 3.62. The van der Waals surface area contributed by atoms with Crippen LogP contribution in [0.5, 0.6) is 0 Å². The molecule has 1 radical (unpaired) electrons. The van der Waals surface area contributed by atoms with Crippen molar-refractivity contribution in [1.29, 1.82) is 0 Å². The molecular formula is C10H7O6S2. The molecule has 0 aliphatic heterocycles. The molecule has 0 saturated carbocycles. The molecule has 0 amide bonds. The SMILES string of the molecule is O=S(=O)(O)c1ccc2cc[c]cc2c1S(=O)(=O)O. The molecule has 0 atom stereocenters. The van der Waals surface area contributed by atoms with E-state index in [-0.39, 0.29) is 5.39 Å². The van der Waals surface area contributed by atoms with E-state index in [0.717, 1.165) is 6.07 Å². The van der Waals surface area contributed by atoms with Gasteiger partial charge in [-0.3, -0.25) is 9.11 Å². The number of hydrogen-bond acceptors (Lipinski definition) is 4. The van der Waals surface area contributed by atoms with Crippen LogP contribution in [0.3, 0.4) is 0 Å². The maximum absolute atomic E-state index is 11.3. The Bertz CT molecular complexity index is 821. The van der Waals surface area contributed by atoms with Crippen LogP contribution in [0.1, 0.15) is 0 Å². The van der Waals surface area contributed by atoms with Crippen LogP contribution in [-0.2, 0) is 20.2 Å². The molecule has 0 bridgehead atoms. The van der Waals surface area contributed by atoms with Crippen molar-refractivity contribution < 1.29 is 25.9 Å². The van der Waals surface area contributed by atoms with Gasteiger partial charge in [-0.2, -0.15) is 16.8 Å². The molecule has 0 spiro atoms. The second-order valence-electron chi connectivity index (χ2n) is 3.49. The zero-order chi connectivity index (χ0) is 13.6. The normalized spacial score (nSPS) is 12.8. The Morgan fingerprint density at radius 2 is 1.61 bits per heavy atom. The number of fused-ring (bicyclic) bond motifs is 1. The number of rotatable bonds is 2. The van der Waals surface area contributed by atoms with Crippen LogP contribution < -0.4 is 0 Å². The van der Waals surface area contributed by atoms with E-state index in [0.29, 0.717) is 5.39 Å². The Balaban J connectivity index is 3.08. The summed E-state index contributed by atoms with van der Waals surface area (Å²) in [6, 6.07) is 9.03. The van der Waals surface area contributed by atoms with E-state index in [1.165, 1.54) is 24.3 Å². The Kier molecular flexibility index (Phi) is 2.90. The summed E-state index contributed by atoms with van der Waals surface area (Å²) >= 11 is 0. The fourth-order valence-electron chi connectivity index (χ4n) is 1.63. The van der Waals surface area contributed by atoms with E-state index in [1.807, 2.05) is 0 Å². The maximum Gasteiger partial charge on any atom is 0.296 e. The van der Waals surface area contributed by atoms with Gasteiger partial charge in [0, 0.05) is 5.39 Å². The van der Waals surface area contributed by atoms with Crippen molar-refractivity contribution in [1.82, 2.24) is 0 Å². The summed E-state index contributed by atoms with van der Waals surface area (Å²) in [5.74, 6) is 0. The third-order valence-electron chi connectivity index (χ3n) is 2.32. The van der Waals surface area contributed by atoms with Crippen molar-refractivity contribution in [2.24, 2.45) is 0 Å². The lowest BCUT2D eigenvalue weighted by Gasteiger charge is -2.08. The van der Waals surface area contributed by atoms with Crippen molar-refractivity contribution in [3.63, 3.8) is 0 Å². The van der Waals surface area contributed by atoms with Crippen LogP contribution in [0, 0.1) is 6.07 Å². The first-order chi connectivity index (χ1) is 8.21. The summed E-state index contributed by atoms with van der Waals surface area (Å²) in [5, 5.41) is 0.365. The van der Waals surface area contributed by atoms with Crippen molar-refractivity contribution in [2.75, 3.05) is 0 Å². The van der Waals surface area contributed by atoms with Crippen molar-refractivity contribution >= 4 is 31.0 Å². The predicted molar refractivity (Wildman–Crippen MR) is 62.4 cm³/mol. The minimum absolute atomic E-state index is 0.0323. The van der Waals surface area contributed by atoms with Gasteiger partial charge < -0.3 is 0 Å². The Labute approximate surface area is 103 Å². The molecule has 6 nitrogen and oxygen atoms in total. The molecule has 0 unspecified atom stereocenters. The van der Waals surface area contributed by atoms with Gasteiger partial charge in [-0.05, 0) is 23.6 Å². The molecule has 95 valence electrons. The van der Waals surface area contributed by atoms with Crippen molar-refractivity contribution in [3.8, 4) is 0 Å². The van der Waals surface area contributed by atoms with Crippen LogP contribution in [0.2, 0.25) is 0 Å². The predicted octanol–water partition coefficient (Wildman–Crippen LogP) is 1.13. The first-order valence-electron chi connectivity index (χ1n) is 4.59. The topological polar surface area (TPSA) is 109 Å². The molecule has 8 heteroatoms. The summed E-state index contributed by atoms with van der Waals surface area (Å²) < 4.78 is 62.9. The quantitative estimate of drug-likeness (QED) is 0.801. The summed E-state index contributed by atoms with van der Waals surface area (Å²) in [7, 11) is -9.56. The van der Waals surface area contributed by atoms with Gasteiger partial charge in [0.25, 0.3) is 20.2 Å². The standard InChI is InChI=1S/C10H7O6S2/c11-17(12,13)9-6-5-7-3-1-2-4-8(7)10(9)18(14,15)16/h1,3-6H,(H,11,12,13)(H,14,15,16). The average Bonchev–Trinajstić information content (AvgIpc) is 2.24. The van der Waals surface area contributed by atoms with Gasteiger partial charge in [0.1, 0.15) is 9.79 Å². The lowest BCUT2D eigenvalue weighted by Crippen LogP contribution is -2.09. The van der Waals surface area contributed by atoms with E-state index < -0.39 is 30.0 Å². The fraction of sp³-hybridized carbons (Fsp3) is 0. The minimum Gasteiger partial charge on any atom is -0.282 e. The molecule has 0 aliphatic rings. The summed E-state index contributed by atoms with van der Waals surface area (Å²) in [6.07, 6.45) is 0. The van der Waals surface area contributed by atoms with Gasteiger partial charge in [0.05, 0.1) is 0 Å². The van der Waals surface area contributed by atoms with E-state index >= 15 is 0 Å². The average molecular weight is 287 g/mol. The van der Waals surface area contributed by atoms with E-state index in [1.54, 1.807) is 0 Å². The number of hydrogen-bond donors (Lipinski definition) is 2. The van der Waals surface area contributed by atoms with Crippen LogP contribution in [-0.4, -0.2) is 25.9 Å². The van der Waals surface area contributed by atoms with E-state index in [2.05, 4.69) is 6.07 Å². The molecule has 0 heterocycles. The lowest BCUT2D eigenvalue weighted by atomic mass is 10.1. The van der Waals surface area contributed by atoms with Gasteiger partial charge >= 0.3 is 0 Å². The zero-order valence-electron chi connectivity index (χ0n) is 8.73. The van der Waals surface area contributed by atoms with Gasteiger partial charge in [-0.1, -0.05) is 18.2 Å². The highest BCUT2D eigenvalue weighted by Gasteiger charge is 2.26. The van der Waals surface area contributed by atoms with E-state index in [4.69, 9.17) is 9.11 Å². The second kappa shape index (κ2) is 4.02. The second-order valence-corrected chi connectivity index (χ2v) is 6.24. The first-order valence-corrected chi connectivity index (χ1v) is 7.47. The van der Waals surface area contributed by atoms with Crippen LogP contribution >= 0.6 is 0 Å². The molecule has 2 aromatic carbocycles. The largest absolute Gasteiger partial charge is 0.296 e. The minimum atomic E-state index is -4.80. The summed E-state index contributed by atoms with van der Waals surface area (Å²) in [5.41, 5.74) is 0.